The van der Waals surface area contributed by atoms with Gasteiger partial charge in [0.2, 0.25) is 10.0 Å². The smallest absolute Gasteiger partial charge is 0.417 e. The van der Waals surface area contributed by atoms with Crippen LogP contribution in [0, 0.1) is 6.92 Å². The Labute approximate surface area is 207 Å². The van der Waals surface area contributed by atoms with Gasteiger partial charge in [-0.05, 0) is 36.2 Å². The van der Waals surface area contributed by atoms with Crippen LogP contribution in [0.1, 0.15) is 22.3 Å². The van der Waals surface area contributed by atoms with Gasteiger partial charge in [0, 0.05) is 12.1 Å². The summed E-state index contributed by atoms with van der Waals surface area (Å²) in [7, 11) is -2.88. The van der Waals surface area contributed by atoms with Gasteiger partial charge in [0.25, 0.3) is 5.91 Å². The van der Waals surface area contributed by atoms with Gasteiger partial charge < -0.3 is 4.74 Å². The summed E-state index contributed by atoms with van der Waals surface area (Å²) in [5, 5.41) is 3.61. The van der Waals surface area contributed by atoms with Crippen molar-refractivity contribution < 1.29 is 31.1 Å². The number of sulfonamides is 1. The maximum absolute atomic E-state index is 13.6. The normalized spacial score (nSPS) is 12.2. The third kappa shape index (κ3) is 6.70. The van der Waals surface area contributed by atoms with E-state index in [0.717, 1.165) is 16.6 Å². The van der Waals surface area contributed by atoms with Crippen LogP contribution in [0.2, 0.25) is 0 Å². The Morgan fingerprint density at radius 1 is 1.06 bits per heavy atom. The van der Waals surface area contributed by atoms with E-state index in [9.17, 15) is 26.4 Å². The topological polar surface area (TPSA) is 88.1 Å². The number of nitrogens with zero attached hydrogens (tertiary/aromatic N) is 2. The lowest BCUT2D eigenvalue weighted by Crippen LogP contribution is -2.39. The second-order valence-corrected chi connectivity index (χ2v) is 9.70. The lowest BCUT2D eigenvalue weighted by Gasteiger charge is -2.23. The monoisotopic (exact) mass is 519 g/mol. The van der Waals surface area contributed by atoms with E-state index in [1.54, 1.807) is 43.3 Å². The number of ether oxygens (including phenoxy) is 1. The highest BCUT2D eigenvalue weighted by Crippen LogP contribution is 2.31. The molecular weight excluding hydrogens is 495 g/mol. The molecule has 36 heavy (non-hydrogen) atoms. The van der Waals surface area contributed by atoms with Crippen molar-refractivity contribution in [3.05, 3.63) is 95.1 Å². The van der Waals surface area contributed by atoms with Crippen LogP contribution in [0.5, 0.6) is 5.75 Å². The van der Waals surface area contributed by atoms with Crippen LogP contribution in [-0.2, 0) is 27.5 Å². The minimum atomic E-state index is -4.60. The number of alkyl halides is 3. The third-order valence-electron chi connectivity index (χ3n) is 5.12. The fraction of sp³-hybridized carbons (Fsp3) is 0.200. The molecule has 0 aliphatic carbocycles. The lowest BCUT2D eigenvalue weighted by molar-refractivity contribution is -0.137. The highest BCUT2D eigenvalue weighted by atomic mass is 32.2. The Bertz CT molecular complexity index is 1340. The molecule has 0 unspecified atom stereocenters. The Balaban J connectivity index is 1.86. The van der Waals surface area contributed by atoms with Crippen LogP contribution < -0.4 is 10.2 Å². The molecule has 11 heteroatoms. The molecule has 0 aromatic heterocycles. The number of hydrogen-bond donors (Lipinski definition) is 1. The van der Waals surface area contributed by atoms with E-state index in [4.69, 9.17) is 4.74 Å². The number of amides is 1. The first-order chi connectivity index (χ1) is 17.0. The van der Waals surface area contributed by atoms with Crippen LogP contribution in [0.15, 0.2) is 82.8 Å². The number of aryl methyl sites for hydroxylation is 1. The Morgan fingerprint density at radius 2 is 1.72 bits per heavy atom. The Morgan fingerprint density at radius 3 is 2.39 bits per heavy atom. The number of nitrogens with one attached hydrogen (secondary N) is 1. The predicted octanol–water partition coefficient (Wildman–Crippen LogP) is 4.36. The van der Waals surface area contributed by atoms with Gasteiger partial charge in [0.15, 0.2) is 0 Å². The zero-order valence-electron chi connectivity index (χ0n) is 19.5. The molecule has 0 saturated heterocycles. The lowest BCUT2D eigenvalue weighted by atomic mass is 10.1. The number of carbonyl (C=O) groups excluding carboxylic acids is 1. The summed E-state index contributed by atoms with van der Waals surface area (Å²) in [5.41, 5.74) is 2.26. The van der Waals surface area contributed by atoms with Crippen molar-refractivity contribution in [2.75, 3.05) is 13.7 Å². The summed E-state index contributed by atoms with van der Waals surface area (Å²) in [4.78, 5) is 12.5. The van der Waals surface area contributed by atoms with E-state index >= 15 is 0 Å². The fourth-order valence-electron chi connectivity index (χ4n) is 3.37. The van der Waals surface area contributed by atoms with Crippen molar-refractivity contribution >= 4 is 22.1 Å². The highest BCUT2D eigenvalue weighted by molar-refractivity contribution is 7.89. The van der Waals surface area contributed by atoms with Gasteiger partial charge in [-0.3, -0.25) is 4.79 Å². The maximum atomic E-state index is 13.6. The SMILES string of the molecule is COc1ccc(C)cc1S(=O)(=O)N(CC(=O)N/N=C/c1ccccc1C(F)(F)F)Cc1ccccc1. The van der Waals surface area contributed by atoms with Crippen molar-refractivity contribution in [1.82, 2.24) is 9.73 Å². The van der Waals surface area contributed by atoms with Crippen molar-refractivity contribution in [3.8, 4) is 5.75 Å². The zero-order chi connectivity index (χ0) is 26.3. The second-order valence-electron chi connectivity index (χ2n) is 7.79. The van der Waals surface area contributed by atoms with Crippen molar-refractivity contribution in [2.24, 2.45) is 5.10 Å². The summed E-state index contributed by atoms with van der Waals surface area (Å²) < 4.78 is 72.8. The van der Waals surface area contributed by atoms with E-state index in [-0.39, 0.29) is 22.8 Å². The van der Waals surface area contributed by atoms with Crippen LogP contribution in [0.25, 0.3) is 0 Å². The largest absolute Gasteiger partial charge is 0.495 e. The molecule has 190 valence electrons. The van der Waals surface area contributed by atoms with E-state index < -0.39 is 34.2 Å². The van der Waals surface area contributed by atoms with Crippen molar-refractivity contribution in [1.29, 1.82) is 0 Å². The number of benzene rings is 3. The molecule has 0 spiro atoms. The van der Waals surface area contributed by atoms with Gasteiger partial charge in [0.1, 0.15) is 10.6 Å². The van der Waals surface area contributed by atoms with Gasteiger partial charge in [-0.1, -0.05) is 54.6 Å². The van der Waals surface area contributed by atoms with Crippen LogP contribution in [0.3, 0.4) is 0 Å². The molecule has 3 rings (SSSR count). The molecule has 0 atom stereocenters. The number of hydrazone groups is 1. The molecule has 1 amide bonds. The molecule has 0 aliphatic heterocycles. The molecule has 0 bridgehead atoms. The minimum absolute atomic E-state index is 0.112. The molecule has 3 aromatic carbocycles. The minimum Gasteiger partial charge on any atom is -0.495 e. The summed E-state index contributed by atoms with van der Waals surface area (Å²) in [6.07, 6.45) is -3.74. The first-order valence-corrected chi connectivity index (χ1v) is 12.1. The molecular formula is C25H24F3N3O4S. The van der Waals surface area contributed by atoms with Crippen LogP contribution in [-0.4, -0.2) is 38.5 Å². The van der Waals surface area contributed by atoms with Gasteiger partial charge >= 0.3 is 6.18 Å². The molecule has 0 saturated carbocycles. The molecule has 1 N–H and O–H groups in total. The van der Waals surface area contributed by atoms with Gasteiger partial charge in [-0.2, -0.15) is 22.6 Å². The average Bonchev–Trinajstić information content (AvgIpc) is 2.84. The number of halogens is 3. The quantitative estimate of drug-likeness (QED) is 0.336. The van der Waals surface area contributed by atoms with E-state index in [1.807, 2.05) is 0 Å². The number of methoxy groups -OCH3 is 1. The summed E-state index contributed by atoms with van der Waals surface area (Å²) >= 11 is 0. The van der Waals surface area contributed by atoms with E-state index in [2.05, 4.69) is 10.5 Å². The molecule has 3 aromatic rings. The summed E-state index contributed by atoms with van der Waals surface area (Å²) in [5.74, 6) is -0.720. The third-order valence-corrected chi connectivity index (χ3v) is 6.93. The number of carbonyl (C=O) groups is 1. The van der Waals surface area contributed by atoms with Gasteiger partial charge in [-0.25, -0.2) is 13.8 Å². The second kappa shape index (κ2) is 11.4. The highest BCUT2D eigenvalue weighted by Gasteiger charge is 2.33. The van der Waals surface area contributed by atoms with E-state index in [1.165, 1.54) is 37.4 Å². The van der Waals surface area contributed by atoms with Crippen molar-refractivity contribution in [2.45, 2.75) is 24.5 Å². The predicted molar refractivity (Wildman–Crippen MR) is 129 cm³/mol. The van der Waals surface area contributed by atoms with Crippen LogP contribution in [0.4, 0.5) is 13.2 Å². The first kappa shape index (κ1) is 26.9. The number of hydrogen-bond acceptors (Lipinski definition) is 5. The molecule has 0 aliphatic rings. The van der Waals surface area contributed by atoms with Gasteiger partial charge in [0.05, 0.1) is 25.4 Å². The van der Waals surface area contributed by atoms with Gasteiger partial charge in [-0.15, -0.1) is 0 Å². The zero-order valence-corrected chi connectivity index (χ0v) is 20.3. The van der Waals surface area contributed by atoms with E-state index in [0.29, 0.717) is 11.1 Å². The summed E-state index contributed by atoms with van der Waals surface area (Å²) in [6, 6.07) is 18.0. The molecule has 0 heterocycles. The number of rotatable bonds is 9. The Kier molecular flexibility index (Phi) is 8.49. The fourth-order valence-corrected chi connectivity index (χ4v) is 5.00. The first-order valence-electron chi connectivity index (χ1n) is 10.7. The Hall–Kier alpha value is -3.70. The molecule has 7 nitrogen and oxygen atoms in total. The average molecular weight is 520 g/mol. The molecule has 0 radical (unpaired) electrons. The summed E-state index contributed by atoms with van der Waals surface area (Å²) in [6.45, 7) is 0.959. The maximum Gasteiger partial charge on any atom is 0.417 e. The molecule has 0 fully saturated rings. The standard InChI is InChI=1S/C25H24F3N3O4S/c1-18-12-13-22(35-2)23(14-18)36(33,34)31(16-19-8-4-3-5-9-19)17-24(32)30-29-15-20-10-6-7-11-21(20)25(26,27)28/h3-15H,16-17H2,1-2H3,(H,30,32)/b29-15+. The van der Waals surface area contributed by atoms with Crippen molar-refractivity contribution in [3.63, 3.8) is 0 Å². The van der Waals surface area contributed by atoms with Crippen LogP contribution >= 0.6 is 0 Å².